The van der Waals surface area contributed by atoms with Crippen molar-refractivity contribution in [3.8, 4) is 0 Å². The van der Waals surface area contributed by atoms with Crippen molar-refractivity contribution in [2.75, 3.05) is 11.4 Å². The smallest absolute Gasteiger partial charge is 0.369 e. The summed E-state index contributed by atoms with van der Waals surface area (Å²) in [4.78, 5) is 26.5. The number of hydrogen-bond donors (Lipinski definition) is 1. The summed E-state index contributed by atoms with van der Waals surface area (Å²) in [5.41, 5.74) is -6.39. The lowest BCUT2D eigenvalue weighted by molar-refractivity contribution is -0.376. The highest BCUT2D eigenvalue weighted by Crippen LogP contribution is 2.52. The van der Waals surface area contributed by atoms with Crippen molar-refractivity contribution in [2.24, 2.45) is 0 Å². The molecule has 1 aliphatic heterocycles. The van der Waals surface area contributed by atoms with Crippen LogP contribution in [-0.2, 0) is 10.4 Å². The van der Waals surface area contributed by atoms with Crippen LogP contribution in [0.4, 0.5) is 32.0 Å². The van der Waals surface area contributed by atoms with Gasteiger partial charge in [0, 0.05) is 27.8 Å². The molecule has 2 aromatic carbocycles. The van der Waals surface area contributed by atoms with E-state index in [-0.39, 0.29) is 27.9 Å². The summed E-state index contributed by atoms with van der Waals surface area (Å²) in [5.74, 6) is -1.81. The highest BCUT2D eigenvalue weighted by atomic mass is 32.2. The predicted octanol–water partition coefficient (Wildman–Crippen LogP) is 5.10. The lowest BCUT2D eigenvalue weighted by atomic mass is 9.92. The second-order valence-corrected chi connectivity index (χ2v) is 8.49. The number of halogens is 6. The molecule has 1 atom stereocenters. The van der Waals surface area contributed by atoms with Gasteiger partial charge < -0.3 is 10.0 Å². The zero-order valence-electron chi connectivity index (χ0n) is 16.5. The molecule has 0 bridgehead atoms. The Hall–Kier alpha value is -2.53. The van der Waals surface area contributed by atoms with Crippen LogP contribution in [0.25, 0.3) is 0 Å². The standard InChI is InChI=1S/C21H17F6NO3S/c1-2-14-11-28(18(30)17(29)12-6-4-3-5-7-12)15-9-8-13(10-16(15)32-14)19(31,20(22,23)24)21(25,26)27/h3-10,14,31H,2,11H2,1H3. The molecule has 1 amide bonds. The van der Waals surface area contributed by atoms with Crippen LogP contribution in [0.3, 0.4) is 0 Å². The number of nitrogens with zero attached hydrogens (tertiary/aromatic N) is 1. The number of amides is 1. The molecular formula is C21H17F6NO3S. The van der Waals surface area contributed by atoms with Crippen molar-refractivity contribution < 1.29 is 41.0 Å². The first-order valence-electron chi connectivity index (χ1n) is 9.39. The van der Waals surface area contributed by atoms with Crippen LogP contribution in [0.15, 0.2) is 53.4 Å². The van der Waals surface area contributed by atoms with E-state index in [2.05, 4.69) is 0 Å². The van der Waals surface area contributed by atoms with Crippen molar-refractivity contribution in [3.05, 3.63) is 59.7 Å². The molecule has 172 valence electrons. The molecule has 2 aromatic rings. The first-order valence-corrected chi connectivity index (χ1v) is 10.3. The number of hydrogen-bond acceptors (Lipinski definition) is 4. The third-order valence-electron chi connectivity index (χ3n) is 5.10. The maximum absolute atomic E-state index is 13.3. The highest BCUT2D eigenvalue weighted by Gasteiger charge is 2.71. The molecule has 0 spiro atoms. The number of anilines is 1. The van der Waals surface area contributed by atoms with Crippen LogP contribution >= 0.6 is 11.8 Å². The van der Waals surface area contributed by atoms with E-state index >= 15 is 0 Å². The zero-order chi connectivity index (χ0) is 23.9. The van der Waals surface area contributed by atoms with Gasteiger partial charge in [-0.1, -0.05) is 43.3 Å². The quantitative estimate of drug-likeness (QED) is 0.378. The minimum absolute atomic E-state index is 0.00410. The van der Waals surface area contributed by atoms with Crippen molar-refractivity contribution in [3.63, 3.8) is 0 Å². The number of aliphatic hydroxyl groups is 1. The Labute approximate surface area is 183 Å². The first kappa shape index (κ1) is 24.1. The molecule has 1 heterocycles. The number of benzene rings is 2. The van der Waals surface area contributed by atoms with Gasteiger partial charge in [0.25, 0.3) is 17.3 Å². The summed E-state index contributed by atoms with van der Waals surface area (Å²) < 4.78 is 79.6. The Morgan fingerprint density at radius 3 is 2.16 bits per heavy atom. The van der Waals surface area contributed by atoms with Gasteiger partial charge in [0.05, 0.1) is 5.69 Å². The molecule has 1 N–H and O–H groups in total. The topological polar surface area (TPSA) is 57.6 Å². The number of thioether (sulfide) groups is 1. The van der Waals surface area contributed by atoms with Crippen LogP contribution in [0, 0.1) is 0 Å². The van der Waals surface area contributed by atoms with Gasteiger partial charge in [-0.25, -0.2) is 0 Å². The van der Waals surface area contributed by atoms with Crippen LogP contribution < -0.4 is 4.90 Å². The van der Waals surface area contributed by atoms with Gasteiger partial charge in [-0.15, -0.1) is 11.8 Å². The Bertz CT molecular complexity index is 1010. The lowest BCUT2D eigenvalue weighted by Crippen LogP contribution is -2.54. The third-order valence-corrected chi connectivity index (χ3v) is 6.50. The van der Waals surface area contributed by atoms with E-state index in [9.17, 15) is 41.0 Å². The third kappa shape index (κ3) is 4.11. The Balaban J connectivity index is 2.08. The zero-order valence-corrected chi connectivity index (χ0v) is 17.3. The molecule has 0 saturated heterocycles. The molecule has 3 rings (SSSR count). The number of carbonyl (C=O) groups excluding carboxylic acids is 2. The van der Waals surface area contributed by atoms with E-state index in [1.807, 2.05) is 0 Å². The molecule has 0 aromatic heterocycles. The monoisotopic (exact) mass is 477 g/mol. The molecule has 4 nitrogen and oxygen atoms in total. The molecule has 0 saturated carbocycles. The minimum atomic E-state index is -6.03. The fraction of sp³-hybridized carbons (Fsp3) is 0.333. The average molecular weight is 477 g/mol. The average Bonchev–Trinajstić information content (AvgIpc) is 2.75. The summed E-state index contributed by atoms with van der Waals surface area (Å²) in [6, 6.07) is 9.54. The molecular weight excluding hydrogens is 460 g/mol. The van der Waals surface area contributed by atoms with Crippen molar-refractivity contribution in [1.29, 1.82) is 0 Å². The fourth-order valence-electron chi connectivity index (χ4n) is 3.30. The number of rotatable bonds is 4. The molecule has 1 unspecified atom stereocenters. The van der Waals surface area contributed by atoms with E-state index in [1.54, 1.807) is 25.1 Å². The molecule has 0 fully saturated rings. The normalized spacial score (nSPS) is 17.1. The van der Waals surface area contributed by atoms with Gasteiger partial charge in [0.2, 0.25) is 0 Å². The maximum Gasteiger partial charge on any atom is 0.430 e. The Morgan fingerprint density at radius 2 is 1.62 bits per heavy atom. The van der Waals surface area contributed by atoms with Crippen LogP contribution in [-0.4, -0.2) is 40.9 Å². The molecule has 1 aliphatic rings. The second kappa shape index (κ2) is 8.43. The van der Waals surface area contributed by atoms with Gasteiger partial charge in [0.1, 0.15) is 0 Å². The Morgan fingerprint density at radius 1 is 1.03 bits per heavy atom. The summed E-state index contributed by atoms with van der Waals surface area (Å²) in [6.07, 6.45) is -11.6. The van der Waals surface area contributed by atoms with Gasteiger partial charge in [-0.2, -0.15) is 26.3 Å². The van der Waals surface area contributed by atoms with E-state index in [0.29, 0.717) is 18.6 Å². The van der Waals surface area contributed by atoms with Crippen LogP contribution in [0.2, 0.25) is 0 Å². The number of fused-ring (bicyclic) bond motifs is 1. The van der Waals surface area contributed by atoms with Crippen LogP contribution in [0.5, 0.6) is 0 Å². The SMILES string of the molecule is CCC1CN(C(=O)C(=O)c2ccccc2)c2ccc(C(O)(C(F)(F)F)C(F)(F)F)cc2S1. The predicted molar refractivity (Wildman–Crippen MR) is 106 cm³/mol. The van der Waals surface area contributed by atoms with E-state index in [1.165, 1.54) is 12.1 Å². The number of alkyl halides is 6. The van der Waals surface area contributed by atoms with Gasteiger partial charge in [0.15, 0.2) is 0 Å². The summed E-state index contributed by atoms with van der Waals surface area (Å²) in [5, 5.41) is 9.32. The number of Topliss-reactive ketones (excluding diaryl/α,β-unsaturated/α-hetero) is 1. The second-order valence-electron chi connectivity index (χ2n) is 7.15. The number of ketones is 1. The minimum Gasteiger partial charge on any atom is -0.369 e. The first-order chi connectivity index (χ1) is 14.8. The fourth-order valence-corrected chi connectivity index (χ4v) is 4.55. The van der Waals surface area contributed by atoms with Crippen LogP contribution in [0.1, 0.15) is 29.3 Å². The highest BCUT2D eigenvalue weighted by molar-refractivity contribution is 8.00. The van der Waals surface area contributed by atoms with Crippen molar-refractivity contribution in [2.45, 2.75) is 41.4 Å². The molecule has 0 radical (unpaired) electrons. The van der Waals surface area contributed by atoms with Crippen molar-refractivity contribution in [1.82, 2.24) is 0 Å². The largest absolute Gasteiger partial charge is 0.430 e. The number of carbonyl (C=O) groups is 2. The van der Waals surface area contributed by atoms with Gasteiger partial charge >= 0.3 is 12.4 Å². The molecule has 0 aliphatic carbocycles. The summed E-state index contributed by atoms with van der Waals surface area (Å²) >= 11 is 0.986. The molecule has 32 heavy (non-hydrogen) atoms. The summed E-state index contributed by atoms with van der Waals surface area (Å²) in [7, 11) is 0. The van der Waals surface area contributed by atoms with Gasteiger partial charge in [-0.05, 0) is 18.6 Å². The Kier molecular flexibility index (Phi) is 6.36. The van der Waals surface area contributed by atoms with Gasteiger partial charge in [-0.3, -0.25) is 9.59 Å². The maximum atomic E-state index is 13.3. The molecule has 11 heteroatoms. The van der Waals surface area contributed by atoms with E-state index in [0.717, 1.165) is 22.7 Å². The van der Waals surface area contributed by atoms with Crippen molar-refractivity contribution >= 4 is 29.1 Å². The van der Waals surface area contributed by atoms with E-state index in [4.69, 9.17) is 0 Å². The summed E-state index contributed by atoms with van der Waals surface area (Å²) in [6.45, 7) is 1.78. The lowest BCUT2D eigenvalue weighted by Gasteiger charge is -2.36. The van der Waals surface area contributed by atoms with E-state index < -0.39 is 35.2 Å².